The number of thiazole rings is 1. The highest BCUT2D eigenvalue weighted by Crippen LogP contribution is 2.19. The lowest BCUT2D eigenvalue weighted by Crippen LogP contribution is -2.22. The summed E-state index contributed by atoms with van der Waals surface area (Å²) >= 11 is 1.76. The summed E-state index contributed by atoms with van der Waals surface area (Å²) in [5.41, 5.74) is 1.16. The Morgan fingerprint density at radius 2 is 2.50 bits per heavy atom. The van der Waals surface area contributed by atoms with Crippen LogP contribution in [0.1, 0.15) is 37.4 Å². The average molecular weight is 240 g/mol. The van der Waals surface area contributed by atoms with Crippen LogP contribution >= 0.6 is 11.3 Å². The van der Waals surface area contributed by atoms with Gasteiger partial charge in [-0.05, 0) is 12.8 Å². The molecule has 3 nitrogen and oxygen atoms in total. The summed E-state index contributed by atoms with van der Waals surface area (Å²) < 4.78 is 5.62. The molecule has 1 aromatic rings. The summed E-state index contributed by atoms with van der Waals surface area (Å²) in [7, 11) is 0. The van der Waals surface area contributed by atoms with Crippen LogP contribution in [0.25, 0.3) is 0 Å². The van der Waals surface area contributed by atoms with E-state index in [0.29, 0.717) is 12.1 Å². The lowest BCUT2D eigenvalue weighted by molar-refractivity contribution is 0.111. The number of aromatic nitrogens is 1. The van der Waals surface area contributed by atoms with Crippen molar-refractivity contribution in [2.24, 2.45) is 0 Å². The lowest BCUT2D eigenvalue weighted by atomic mass is 10.2. The van der Waals surface area contributed by atoms with Crippen LogP contribution in [0.15, 0.2) is 5.38 Å². The molecule has 1 saturated heterocycles. The fourth-order valence-corrected chi connectivity index (χ4v) is 2.69. The fourth-order valence-electron chi connectivity index (χ4n) is 1.83. The van der Waals surface area contributed by atoms with Gasteiger partial charge in [-0.2, -0.15) is 0 Å². The molecule has 1 aliphatic heterocycles. The summed E-state index contributed by atoms with van der Waals surface area (Å²) in [6.07, 6.45) is 3.81. The maximum absolute atomic E-state index is 5.62. The molecule has 2 heterocycles. The molecule has 0 amide bonds. The first-order chi connectivity index (χ1) is 7.74. The van der Waals surface area contributed by atoms with E-state index in [0.717, 1.165) is 25.3 Å². The van der Waals surface area contributed by atoms with E-state index in [9.17, 15) is 0 Å². The van der Waals surface area contributed by atoms with Crippen LogP contribution in [0, 0.1) is 0 Å². The maximum atomic E-state index is 5.62. The summed E-state index contributed by atoms with van der Waals surface area (Å²) in [6, 6.07) is 0.517. The van der Waals surface area contributed by atoms with E-state index in [1.54, 1.807) is 11.3 Å². The molecule has 2 rings (SSSR count). The molecule has 0 spiro atoms. The van der Waals surface area contributed by atoms with Gasteiger partial charge in [0.25, 0.3) is 0 Å². The van der Waals surface area contributed by atoms with E-state index in [2.05, 4.69) is 29.5 Å². The highest BCUT2D eigenvalue weighted by molar-refractivity contribution is 7.09. The van der Waals surface area contributed by atoms with Gasteiger partial charge in [-0.3, -0.25) is 0 Å². The van der Waals surface area contributed by atoms with Gasteiger partial charge < -0.3 is 10.1 Å². The average Bonchev–Trinajstić information content (AvgIpc) is 2.87. The Balaban J connectivity index is 1.81. The molecule has 1 aliphatic rings. The summed E-state index contributed by atoms with van der Waals surface area (Å²) in [5.74, 6) is 0. The molecule has 0 radical (unpaired) electrons. The minimum Gasteiger partial charge on any atom is -0.378 e. The zero-order valence-electron chi connectivity index (χ0n) is 10.0. The van der Waals surface area contributed by atoms with Crippen LogP contribution in [-0.2, 0) is 17.7 Å². The largest absolute Gasteiger partial charge is 0.378 e. The van der Waals surface area contributed by atoms with Crippen molar-refractivity contribution >= 4 is 11.3 Å². The van der Waals surface area contributed by atoms with Crippen molar-refractivity contribution in [3.8, 4) is 0 Å². The third kappa shape index (κ3) is 3.54. The van der Waals surface area contributed by atoms with Crippen molar-refractivity contribution in [1.82, 2.24) is 10.3 Å². The predicted octanol–water partition coefficient (Wildman–Crippen LogP) is 2.36. The first-order valence-electron chi connectivity index (χ1n) is 6.02. The van der Waals surface area contributed by atoms with Crippen molar-refractivity contribution < 1.29 is 4.74 Å². The van der Waals surface area contributed by atoms with Crippen molar-refractivity contribution in [2.75, 3.05) is 6.61 Å². The standard InChI is InChI=1S/C12H20N2OS/c1-9(2)13-7-10-8-16-12(14-10)6-11-4-3-5-15-11/h8-9,11,13H,3-7H2,1-2H3. The Kier molecular flexibility index (Phi) is 4.32. The highest BCUT2D eigenvalue weighted by atomic mass is 32.1. The van der Waals surface area contributed by atoms with E-state index in [-0.39, 0.29) is 0 Å². The highest BCUT2D eigenvalue weighted by Gasteiger charge is 2.17. The van der Waals surface area contributed by atoms with Crippen LogP contribution in [0.4, 0.5) is 0 Å². The third-order valence-corrected chi connectivity index (χ3v) is 3.64. The Labute approximate surface area is 101 Å². The minimum absolute atomic E-state index is 0.414. The molecule has 0 saturated carbocycles. The van der Waals surface area contributed by atoms with Crippen LogP contribution in [0.2, 0.25) is 0 Å². The number of rotatable bonds is 5. The normalized spacial score (nSPS) is 20.8. The quantitative estimate of drug-likeness (QED) is 0.858. The molecule has 1 unspecified atom stereocenters. The third-order valence-electron chi connectivity index (χ3n) is 2.72. The first-order valence-corrected chi connectivity index (χ1v) is 6.90. The molecule has 1 N–H and O–H groups in total. The molecule has 90 valence electrons. The SMILES string of the molecule is CC(C)NCc1csc(CC2CCCO2)n1. The number of nitrogens with one attached hydrogen (secondary N) is 1. The van der Waals surface area contributed by atoms with Gasteiger partial charge >= 0.3 is 0 Å². The molecule has 1 fully saturated rings. The van der Waals surface area contributed by atoms with Crippen LogP contribution in [0.3, 0.4) is 0 Å². The maximum Gasteiger partial charge on any atom is 0.0954 e. The Morgan fingerprint density at radius 1 is 1.62 bits per heavy atom. The lowest BCUT2D eigenvalue weighted by Gasteiger charge is -2.06. The van der Waals surface area contributed by atoms with E-state index in [1.165, 1.54) is 17.8 Å². The summed E-state index contributed by atoms with van der Waals surface area (Å²) in [4.78, 5) is 4.62. The van der Waals surface area contributed by atoms with Gasteiger partial charge in [0, 0.05) is 31.0 Å². The predicted molar refractivity (Wildman–Crippen MR) is 66.8 cm³/mol. The molecule has 0 aliphatic carbocycles. The Bertz CT molecular complexity index is 319. The van der Waals surface area contributed by atoms with E-state index in [1.807, 2.05) is 0 Å². The second-order valence-corrected chi connectivity index (χ2v) is 5.55. The molecule has 1 aromatic heterocycles. The molecular weight excluding hydrogens is 220 g/mol. The van der Waals surface area contributed by atoms with Crippen LogP contribution in [0.5, 0.6) is 0 Å². The number of ether oxygens (including phenoxy) is 1. The van der Waals surface area contributed by atoms with Gasteiger partial charge in [-0.15, -0.1) is 11.3 Å². The van der Waals surface area contributed by atoms with Gasteiger partial charge in [0.2, 0.25) is 0 Å². The smallest absolute Gasteiger partial charge is 0.0954 e. The monoisotopic (exact) mass is 240 g/mol. The fraction of sp³-hybridized carbons (Fsp3) is 0.750. The number of hydrogen-bond acceptors (Lipinski definition) is 4. The molecule has 0 aromatic carbocycles. The molecule has 16 heavy (non-hydrogen) atoms. The topological polar surface area (TPSA) is 34.1 Å². The number of hydrogen-bond donors (Lipinski definition) is 1. The number of nitrogens with zero attached hydrogens (tertiary/aromatic N) is 1. The van der Waals surface area contributed by atoms with E-state index in [4.69, 9.17) is 4.74 Å². The molecule has 1 atom stereocenters. The molecular formula is C12H20N2OS. The van der Waals surface area contributed by atoms with Gasteiger partial charge in [0.1, 0.15) is 0 Å². The van der Waals surface area contributed by atoms with Crippen molar-refractivity contribution in [3.05, 3.63) is 16.1 Å². The molecule has 4 heteroatoms. The van der Waals surface area contributed by atoms with Crippen molar-refractivity contribution in [1.29, 1.82) is 0 Å². The molecule has 0 bridgehead atoms. The second-order valence-electron chi connectivity index (χ2n) is 4.61. The Morgan fingerprint density at radius 3 is 3.19 bits per heavy atom. The van der Waals surface area contributed by atoms with E-state index >= 15 is 0 Å². The van der Waals surface area contributed by atoms with Gasteiger partial charge in [0.15, 0.2) is 0 Å². The van der Waals surface area contributed by atoms with Crippen molar-refractivity contribution in [2.45, 2.75) is 51.8 Å². The zero-order valence-corrected chi connectivity index (χ0v) is 10.8. The summed E-state index contributed by atoms with van der Waals surface area (Å²) in [5, 5.41) is 6.75. The summed E-state index contributed by atoms with van der Waals surface area (Å²) in [6.45, 7) is 6.11. The van der Waals surface area contributed by atoms with Crippen LogP contribution in [-0.4, -0.2) is 23.7 Å². The van der Waals surface area contributed by atoms with E-state index < -0.39 is 0 Å². The Hall–Kier alpha value is -0.450. The van der Waals surface area contributed by atoms with Gasteiger partial charge in [-0.25, -0.2) is 4.98 Å². The van der Waals surface area contributed by atoms with Crippen LogP contribution < -0.4 is 5.32 Å². The minimum atomic E-state index is 0.414. The first kappa shape index (κ1) is 12.0. The van der Waals surface area contributed by atoms with Gasteiger partial charge in [-0.1, -0.05) is 13.8 Å². The van der Waals surface area contributed by atoms with Gasteiger partial charge in [0.05, 0.1) is 16.8 Å². The zero-order chi connectivity index (χ0) is 11.4. The second kappa shape index (κ2) is 5.75. The van der Waals surface area contributed by atoms with Crippen molar-refractivity contribution in [3.63, 3.8) is 0 Å².